The summed E-state index contributed by atoms with van der Waals surface area (Å²) in [6.45, 7) is 0. The molecule has 1 aromatic carbocycles. The SMILES string of the molecule is Cl.N.N.N.NC(=O)c1cc(I)c2sc(C(F)(F)P(=O)(O)O)c(Br)c2c1. The Balaban J connectivity index is -0.00000121. The molecule has 15 heteroatoms. The minimum atomic E-state index is -5.67. The Kier molecular flexibility index (Phi) is 11.7. The van der Waals surface area contributed by atoms with Crippen molar-refractivity contribution < 1.29 is 27.9 Å². The van der Waals surface area contributed by atoms with Crippen molar-refractivity contribution in [1.29, 1.82) is 0 Å². The lowest BCUT2D eigenvalue weighted by Crippen LogP contribution is -2.12. The quantitative estimate of drug-likeness (QED) is 0.220. The van der Waals surface area contributed by atoms with Gasteiger partial charge in [-0.3, -0.25) is 9.36 Å². The molecule has 2 aromatic rings. The van der Waals surface area contributed by atoms with E-state index in [9.17, 15) is 18.1 Å². The number of hydrogen-bond donors (Lipinski definition) is 6. The van der Waals surface area contributed by atoms with Crippen LogP contribution in [0, 0.1) is 3.57 Å². The molecule has 1 heterocycles. The first-order valence-corrected chi connectivity index (χ1v) is 9.42. The summed E-state index contributed by atoms with van der Waals surface area (Å²) in [5, 5.41) is 0.254. The van der Waals surface area contributed by atoms with Crippen LogP contribution in [-0.2, 0) is 10.2 Å². The maximum atomic E-state index is 13.9. The predicted octanol–water partition coefficient (Wildman–Crippen LogP) is 4.50. The number of hydrogen-bond acceptors (Lipinski definition) is 6. The van der Waals surface area contributed by atoms with Gasteiger partial charge in [0.1, 0.15) is 4.88 Å². The van der Waals surface area contributed by atoms with E-state index in [4.69, 9.17) is 15.5 Å². The third-order valence-corrected chi connectivity index (χ3v) is 7.33. The maximum absolute atomic E-state index is 13.9. The average molecular weight is 600 g/mol. The van der Waals surface area contributed by atoms with E-state index in [0.29, 0.717) is 19.6 Å². The number of alkyl halides is 2. The van der Waals surface area contributed by atoms with Crippen molar-refractivity contribution in [3.05, 3.63) is 30.6 Å². The van der Waals surface area contributed by atoms with Gasteiger partial charge in [0.25, 0.3) is 0 Å². The van der Waals surface area contributed by atoms with Crippen LogP contribution in [0.15, 0.2) is 16.6 Å². The molecule has 0 saturated carbocycles. The largest absolute Gasteiger partial charge is 0.400 e. The smallest absolute Gasteiger partial charge is 0.366 e. The van der Waals surface area contributed by atoms with E-state index in [0.717, 1.165) is 0 Å². The molecule has 2 rings (SSSR count). The number of nitrogens with two attached hydrogens (primary N) is 1. The van der Waals surface area contributed by atoms with Gasteiger partial charge in [-0.15, -0.1) is 23.7 Å². The topological polar surface area (TPSA) is 206 Å². The lowest BCUT2D eigenvalue weighted by Gasteiger charge is -2.16. The summed E-state index contributed by atoms with van der Waals surface area (Å²) in [5.41, 5.74) is 0.966. The molecule has 0 radical (unpaired) electrons. The number of halogens is 5. The number of thiophene rings is 1. The van der Waals surface area contributed by atoms with Crippen LogP contribution in [0.3, 0.4) is 0 Å². The van der Waals surface area contributed by atoms with E-state index in [1.54, 1.807) is 0 Å². The summed E-state index contributed by atoms with van der Waals surface area (Å²) < 4.78 is 39.5. The Morgan fingerprint density at radius 2 is 1.76 bits per heavy atom. The van der Waals surface area contributed by atoms with Crippen LogP contribution in [0.25, 0.3) is 10.1 Å². The Hall–Kier alpha value is 0.0400. The number of rotatable bonds is 3. The molecule has 13 N–H and O–H groups in total. The van der Waals surface area contributed by atoms with Crippen LogP contribution >= 0.6 is 69.9 Å². The Labute approximate surface area is 173 Å². The van der Waals surface area contributed by atoms with E-state index in [1.165, 1.54) is 12.1 Å². The molecule has 1 amide bonds. The molecule has 25 heavy (non-hydrogen) atoms. The van der Waals surface area contributed by atoms with Crippen LogP contribution in [0.4, 0.5) is 8.78 Å². The van der Waals surface area contributed by atoms with Gasteiger partial charge in [-0.2, -0.15) is 8.78 Å². The van der Waals surface area contributed by atoms with Gasteiger partial charge in [-0.25, -0.2) is 0 Å². The van der Waals surface area contributed by atoms with E-state index in [1.807, 2.05) is 22.6 Å². The number of amides is 1. The molecule has 0 aliphatic heterocycles. The fraction of sp³-hybridized carbons (Fsp3) is 0.100. The lowest BCUT2D eigenvalue weighted by atomic mass is 10.1. The van der Waals surface area contributed by atoms with E-state index in [2.05, 4.69) is 15.9 Å². The molecule has 1 aromatic heterocycles. The second kappa shape index (κ2) is 9.82. The van der Waals surface area contributed by atoms with Gasteiger partial charge in [-0.1, -0.05) is 0 Å². The Morgan fingerprint density at radius 1 is 1.28 bits per heavy atom. The molecule has 0 spiro atoms. The molecule has 0 atom stereocenters. The number of primary amides is 1. The maximum Gasteiger partial charge on any atom is 0.400 e. The predicted molar refractivity (Wildman–Crippen MR) is 109 cm³/mol. The second-order valence-electron chi connectivity index (χ2n) is 4.03. The van der Waals surface area contributed by atoms with Gasteiger partial charge < -0.3 is 34.0 Å². The normalized spacial score (nSPS) is 10.8. The first-order chi connectivity index (χ1) is 9.46. The van der Waals surface area contributed by atoms with Crippen LogP contribution in [0.5, 0.6) is 0 Å². The first-order valence-electron chi connectivity index (χ1n) is 5.12. The Bertz CT molecular complexity index is 822. The highest BCUT2D eigenvalue weighted by Crippen LogP contribution is 2.63. The van der Waals surface area contributed by atoms with Crippen molar-refractivity contribution in [3.63, 3.8) is 0 Å². The van der Waals surface area contributed by atoms with Crippen molar-refractivity contribution in [1.82, 2.24) is 18.5 Å². The molecular formula is C10H16BrClF2IN4O4PS. The zero-order valence-electron chi connectivity index (χ0n) is 12.3. The third-order valence-electron chi connectivity index (χ3n) is 2.61. The van der Waals surface area contributed by atoms with Crippen LogP contribution in [0.2, 0.25) is 0 Å². The van der Waals surface area contributed by atoms with Crippen molar-refractivity contribution in [2.24, 2.45) is 5.73 Å². The second-order valence-corrected chi connectivity index (χ2v) is 8.65. The van der Waals surface area contributed by atoms with Crippen LogP contribution in [-0.4, -0.2) is 15.7 Å². The average Bonchev–Trinajstić information content (AvgIpc) is 2.66. The van der Waals surface area contributed by atoms with E-state index in [-0.39, 0.29) is 46.3 Å². The number of fused-ring (bicyclic) bond motifs is 1. The fourth-order valence-electron chi connectivity index (χ4n) is 1.60. The molecule has 0 unspecified atom stereocenters. The van der Waals surface area contributed by atoms with Crippen LogP contribution in [0.1, 0.15) is 15.2 Å². The molecule has 0 saturated heterocycles. The zero-order valence-corrected chi connectivity index (χ0v) is 18.6. The third kappa shape index (κ3) is 5.28. The standard InChI is InChI=1S/C10H6BrF2INO4PS.ClH.3H3N/c11-6-4-1-3(9(15)16)2-5(14)7(4)21-8(6)10(12,13)20(17,18)19;;;;/h1-2H,(H2,15,16)(H2,17,18,19);1H;3*1H3. The summed E-state index contributed by atoms with van der Waals surface area (Å²) in [7, 11) is -5.67. The summed E-state index contributed by atoms with van der Waals surface area (Å²) in [4.78, 5) is 28.1. The van der Waals surface area contributed by atoms with Crippen molar-refractivity contribution >= 4 is 85.9 Å². The molecule has 146 valence electrons. The number of carbonyl (C=O) groups is 1. The van der Waals surface area contributed by atoms with Gasteiger partial charge in [0.15, 0.2) is 0 Å². The van der Waals surface area contributed by atoms with Gasteiger partial charge in [0, 0.05) is 23.7 Å². The van der Waals surface area contributed by atoms with Gasteiger partial charge in [0.2, 0.25) is 5.91 Å². The Morgan fingerprint density at radius 3 is 2.16 bits per heavy atom. The minimum Gasteiger partial charge on any atom is -0.366 e. The van der Waals surface area contributed by atoms with Crippen molar-refractivity contribution in [3.8, 4) is 0 Å². The van der Waals surface area contributed by atoms with E-state index >= 15 is 0 Å². The molecule has 0 aliphatic rings. The summed E-state index contributed by atoms with van der Waals surface area (Å²) in [5.74, 6) is -0.726. The van der Waals surface area contributed by atoms with Gasteiger partial charge in [-0.05, 0) is 50.7 Å². The monoisotopic (exact) mass is 598 g/mol. The van der Waals surface area contributed by atoms with E-state index < -0.39 is 24.0 Å². The highest BCUT2D eigenvalue weighted by molar-refractivity contribution is 14.1. The molecule has 8 nitrogen and oxygen atoms in total. The molecular weight excluding hydrogens is 583 g/mol. The zero-order chi connectivity index (χ0) is 16.2. The molecule has 0 bridgehead atoms. The van der Waals surface area contributed by atoms with Crippen LogP contribution < -0.4 is 24.2 Å². The molecule has 0 aliphatic carbocycles. The van der Waals surface area contributed by atoms with Gasteiger partial charge in [0.05, 0.1) is 0 Å². The highest BCUT2D eigenvalue weighted by atomic mass is 127. The summed E-state index contributed by atoms with van der Waals surface area (Å²) in [6, 6.07) is 2.73. The van der Waals surface area contributed by atoms with Crippen molar-refractivity contribution in [2.75, 3.05) is 0 Å². The minimum absolute atomic E-state index is 0. The van der Waals surface area contributed by atoms with Crippen molar-refractivity contribution in [2.45, 2.75) is 5.66 Å². The van der Waals surface area contributed by atoms with Gasteiger partial charge >= 0.3 is 13.3 Å². The number of carbonyl (C=O) groups excluding carboxylic acids is 1. The highest BCUT2D eigenvalue weighted by Gasteiger charge is 2.53. The number of benzene rings is 1. The fourth-order valence-corrected chi connectivity index (χ4v) is 5.47. The lowest BCUT2D eigenvalue weighted by molar-refractivity contribution is 0.0595. The summed E-state index contributed by atoms with van der Waals surface area (Å²) >= 11 is 5.32. The first kappa shape index (κ1) is 29.8. The molecule has 0 fully saturated rings. The summed E-state index contributed by atoms with van der Waals surface area (Å²) in [6.07, 6.45) is 0.